The van der Waals surface area contributed by atoms with Crippen molar-refractivity contribution in [1.82, 2.24) is 9.62 Å². The molecule has 7 heteroatoms. The SMILES string of the molecule is CNc1ccccc1S(=O)(=O)N1CCNC(=O)CC1. The predicted octanol–water partition coefficient (Wildman–Crippen LogP) is 0.239. The average Bonchev–Trinajstić information content (AvgIpc) is 2.64. The topological polar surface area (TPSA) is 78.5 Å². The Hall–Kier alpha value is -1.60. The smallest absolute Gasteiger partial charge is 0.245 e. The monoisotopic (exact) mass is 283 g/mol. The van der Waals surface area contributed by atoms with Gasteiger partial charge >= 0.3 is 0 Å². The number of carbonyl (C=O) groups is 1. The first kappa shape index (κ1) is 13.8. The van der Waals surface area contributed by atoms with Gasteiger partial charge in [0, 0.05) is 33.1 Å². The molecule has 1 aromatic rings. The lowest BCUT2D eigenvalue weighted by Crippen LogP contribution is -2.34. The van der Waals surface area contributed by atoms with Crippen molar-refractivity contribution >= 4 is 21.6 Å². The molecule has 1 amide bonds. The van der Waals surface area contributed by atoms with E-state index in [2.05, 4.69) is 10.6 Å². The molecule has 1 aliphatic heterocycles. The van der Waals surface area contributed by atoms with Crippen molar-refractivity contribution in [3.63, 3.8) is 0 Å². The number of carbonyl (C=O) groups excluding carboxylic acids is 1. The minimum absolute atomic E-state index is 0.111. The largest absolute Gasteiger partial charge is 0.387 e. The second kappa shape index (κ2) is 5.58. The number of nitrogens with zero attached hydrogens (tertiary/aromatic N) is 1. The molecule has 0 bridgehead atoms. The summed E-state index contributed by atoms with van der Waals surface area (Å²) in [7, 11) is -1.89. The van der Waals surface area contributed by atoms with Gasteiger partial charge in [-0.1, -0.05) is 12.1 Å². The van der Waals surface area contributed by atoms with Crippen molar-refractivity contribution < 1.29 is 13.2 Å². The van der Waals surface area contributed by atoms with Crippen LogP contribution in [0.3, 0.4) is 0 Å². The number of amides is 1. The maximum absolute atomic E-state index is 12.6. The fourth-order valence-electron chi connectivity index (χ4n) is 2.02. The van der Waals surface area contributed by atoms with Gasteiger partial charge in [-0.3, -0.25) is 4.79 Å². The van der Waals surface area contributed by atoms with E-state index in [1.54, 1.807) is 31.3 Å². The molecule has 19 heavy (non-hydrogen) atoms. The number of hydrogen-bond acceptors (Lipinski definition) is 4. The highest BCUT2D eigenvalue weighted by Crippen LogP contribution is 2.24. The van der Waals surface area contributed by atoms with Gasteiger partial charge in [0.05, 0.1) is 5.69 Å². The van der Waals surface area contributed by atoms with Crippen molar-refractivity contribution in [1.29, 1.82) is 0 Å². The Morgan fingerprint density at radius 2 is 2.00 bits per heavy atom. The van der Waals surface area contributed by atoms with E-state index in [0.717, 1.165) is 0 Å². The van der Waals surface area contributed by atoms with Crippen LogP contribution in [0, 0.1) is 0 Å². The van der Waals surface area contributed by atoms with Crippen molar-refractivity contribution in [2.45, 2.75) is 11.3 Å². The maximum Gasteiger partial charge on any atom is 0.245 e. The van der Waals surface area contributed by atoms with E-state index in [1.807, 2.05) is 0 Å². The molecule has 0 spiro atoms. The van der Waals surface area contributed by atoms with Crippen LogP contribution in [0.4, 0.5) is 5.69 Å². The Labute approximate surface area is 112 Å². The molecule has 0 aromatic heterocycles. The van der Waals surface area contributed by atoms with Gasteiger partial charge < -0.3 is 10.6 Å². The zero-order chi connectivity index (χ0) is 13.9. The van der Waals surface area contributed by atoms with Crippen LogP contribution in [0.5, 0.6) is 0 Å². The van der Waals surface area contributed by atoms with E-state index in [4.69, 9.17) is 0 Å². The average molecular weight is 283 g/mol. The lowest BCUT2D eigenvalue weighted by molar-refractivity contribution is -0.120. The fraction of sp³-hybridized carbons (Fsp3) is 0.417. The van der Waals surface area contributed by atoms with E-state index in [1.165, 1.54) is 4.31 Å². The van der Waals surface area contributed by atoms with E-state index < -0.39 is 10.0 Å². The van der Waals surface area contributed by atoms with Gasteiger partial charge in [0.1, 0.15) is 4.90 Å². The second-order valence-corrected chi connectivity index (χ2v) is 6.16. The molecule has 1 saturated heterocycles. The van der Waals surface area contributed by atoms with Crippen LogP contribution in [-0.2, 0) is 14.8 Å². The second-order valence-electron chi connectivity index (χ2n) is 4.25. The molecule has 1 heterocycles. The maximum atomic E-state index is 12.6. The van der Waals surface area contributed by atoms with E-state index in [9.17, 15) is 13.2 Å². The van der Waals surface area contributed by atoms with Gasteiger partial charge in [-0.05, 0) is 12.1 Å². The summed E-state index contributed by atoms with van der Waals surface area (Å²) in [5, 5.41) is 5.54. The third-order valence-corrected chi connectivity index (χ3v) is 5.00. The standard InChI is InChI=1S/C12H17N3O3S/c1-13-10-4-2-3-5-11(10)19(17,18)15-8-6-12(16)14-7-9-15/h2-5,13H,6-9H2,1H3,(H,14,16). The van der Waals surface area contributed by atoms with Gasteiger partial charge in [0.2, 0.25) is 15.9 Å². The summed E-state index contributed by atoms with van der Waals surface area (Å²) < 4.78 is 26.5. The van der Waals surface area contributed by atoms with Gasteiger partial charge in [-0.2, -0.15) is 4.31 Å². The number of benzene rings is 1. The molecule has 0 radical (unpaired) electrons. The Bertz CT molecular complexity index is 571. The van der Waals surface area contributed by atoms with Gasteiger partial charge in [0.25, 0.3) is 0 Å². The lowest BCUT2D eigenvalue weighted by atomic mass is 10.3. The van der Waals surface area contributed by atoms with Crippen molar-refractivity contribution in [3.8, 4) is 0 Å². The van der Waals surface area contributed by atoms with Crippen LogP contribution >= 0.6 is 0 Å². The molecule has 0 aliphatic carbocycles. The van der Waals surface area contributed by atoms with E-state index in [-0.39, 0.29) is 23.8 Å². The summed E-state index contributed by atoms with van der Waals surface area (Å²) in [5.41, 5.74) is 0.561. The molecule has 0 unspecified atom stereocenters. The minimum Gasteiger partial charge on any atom is -0.387 e. The molecule has 1 aromatic carbocycles. The van der Waals surface area contributed by atoms with Crippen LogP contribution in [0.15, 0.2) is 29.2 Å². The molecule has 2 rings (SSSR count). The molecule has 1 aliphatic rings. The summed E-state index contributed by atoms with van der Waals surface area (Å²) in [6.07, 6.45) is 0.195. The molecule has 0 atom stereocenters. The van der Waals surface area contributed by atoms with Gasteiger partial charge in [-0.25, -0.2) is 8.42 Å². The molecule has 104 valence electrons. The van der Waals surface area contributed by atoms with Crippen molar-refractivity contribution in [2.24, 2.45) is 0 Å². The predicted molar refractivity (Wildman–Crippen MR) is 72.4 cm³/mol. The number of hydrogen-bond donors (Lipinski definition) is 2. The van der Waals surface area contributed by atoms with Crippen LogP contribution in [-0.4, -0.2) is 45.3 Å². The summed E-state index contributed by atoms with van der Waals surface area (Å²) in [6, 6.07) is 6.75. The van der Waals surface area contributed by atoms with E-state index in [0.29, 0.717) is 18.8 Å². The summed E-state index contributed by atoms with van der Waals surface area (Å²) >= 11 is 0. The van der Waals surface area contributed by atoms with Crippen LogP contribution in [0.25, 0.3) is 0 Å². The highest BCUT2D eigenvalue weighted by atomic mass is 32.2. The minimum atomic E-state index is -3.57. The van der Waals surface area contributed by atoms with Gasteiger partial charge in [0.15, 0.2) is 0 Å². The highest BCUT2D eigenvalue weighted by molar-refractivity contribution is 7.89. The Kier molecular flexibility index (Phi) is 4.06. The molecule has 6 nitrogen and oxygen atoms in total. The molecule has 0 saturated carbocycles. The van der Waals surface area contributed by atoms with Crippen molar-refractivity contribution in [3.05, 3.63) is 24.3 Å². The van der Waals surface area contributed by atoms with Crippen LogP contribution in [0.1, 0.15) is 6.42 Å². The quantitative estimate of drug-likeness (QED) is 0.833. The summed E-state index contributed by atoms with van der Waals surface area (Å²) in [4.78, 5) is 11.5. The number of sulfonamides is 1. The van der Waals surface area contributed by atoms with Gasteiger partial charge in [-0.15, -0.1) is 0 Å². The van der Waals surface area contributed by atoms with Crippen LogP contribution in [0.2, 0.25) is 0 Å². The zero-order valence-electron chi connectivity index (χ0n) is 10.7. The molecular weight excluding hydrogens is 266 g/mol. The zero-order valence-corrected chi connectivity index (χ0v) is 11.5. The Morgan fingerprint density at radius 1 is 1.26 bits per heavy atom. The first-order valence-electron chi connectivity index (χ1n) is 6.09. The van der Waals surface area contributed by atoms with Crippen molar-refractivity contribution in [2.75, 3.05) is 32.0 Å². The number of para-hydroxylation sites is 1. The molecule has 1 fully saturated rings. The third-order valence-electron chi connectivity index (χ3n) is 3.05. The Balaban J connectivity index is 2.33. The first-order chi connectivity index (χ1) is 9.05. The van der Waals surface area contributed by atoms with E-state index >= 15 is 0 Å². The summed E-state index contributed by atoms with van der Waals surface area (Å²) in [5.74, 6) is -0.111. The summed E-state index contributed by atoms with van der Waals surface area (Å²) in [6.45, 7) is 0.859. The first-order valence-corrected chi connectivity index (χ1v) is 7.53. The number of nitrogens with one attached hydrogen (secondary N) is 2. The fourth-order valence-corrected chi connectivity index (χ4v) is 3.66. The lowest BCUT2D eigenvalue weighted by Gasteiger charge is -2.20. The molecule has 2 N–H and O–H groups in total. The normalized spacial score (nSPS) is 17.6. The highest BCUT2D eigenvalue weighted by Gasteiger charge is 2.28. The Morgan fingerprint density at radius 3 is 2.74 bits per heavy atom. The molecular formula is C12H17N3O3S. The number of anilines is 1. The third kappa shape index (κ3) is 2.87. The number of rotatable bonds is 3. The van der Waals surface area contributed by atoms with Crippen LogP contribution < -0.4 is 10.6 Å².